The zero-order valence-corrected chi connectivity index (χ0v) is 32.5. The lowest BCUT2D eigenvalue weighted by Crippen LogP contribution is -2.19. The number of nitrogens with zero attached hydrogens (tertiary/aromatic N) is 4. The van der Waals surface area contributed by atoms with E-state index in [-0.39, 0.29) is 5.41 Å². The molecule has 7 aromatic carbocycles. The summed E-state index contributed by atoms with van der Waals surface area (Å²) in [7, 11) is 0. The van der Waals surface area contributed by atoms with Crippen molar-refractivity contribution in [2.45, 2.75) is 19.3 Å². The van der Waals surface area contributed by atoms with Crippen molar-refractivity contribution in [2.24, 2.45) is 0 Å². The maximum Gasteiger partial charge on any atom is 0.137 e. The number of hydrogen-bond acceptors (Lipinski definition) is 2. The lowest BCUT2D eigenvalue weighted by Gasteiger charge is -2.31. The normalized spacial score (nSPS) is 13.8. The fourth-order valence-corrected chi connectivity index (χ4v) is 9.45. The quantitative estimate of drug-likeness (QED) is 0.152. The van der Waals surface area contributed by atoms with Gasteiger partial charge in [0.1, 0.15) is 5.65 Å². The van der Waals surface area contributed by atoms with Crippen molar-refractivity contribution in [1.82, 2.24) is 14.0 Å². The molecule has 0 amide bonds. The predicted molar refractivity (Wildman–Crippen MR) is 244 cm³/mol. The van der Waals surface area contributed by atoms with Crippen LogP contribution in [0.3, 0.4) is 0 Å². The average molecular weight is 745 g/mol. The molecule has 0 bridgehead atoms. The number of para-hydroxylation sites is 1. The fraction of sp³-hybridized carbons (Fsp3) is 0.0556. The van der Waals surface area contributed by atoms with Crippen molar-refractivity contribution in [3.8, 4) is 16.8 Å². The summed E-state index contributed by atoms with van der Waals surface area (Å²) in [5, 5.41) is 4.79. The van der Waals surface area contributed by atoms with Crippen molar-refractivity contribution in [3.63, 3.8) is 0 Å². The van der Waals surface area contributed by atoms with E-state index in [1.54, 1.807) is 0 Å². The summed E-state index contributed by atoms with van der Waals surface area (Å²) in [6.45, 7) is 8.76. The molecule has 0 unspecified atom stereocenters. The molecular formula is C54H40N4. The first-order valence-corrected chi connectivity index (χ1v) is 19.9. The van der Waals surface area contributed by atoms with E-state index in [0.29, 0.717) is 0 Å². The largest absolute Gasteiger partial charge is 0.309 e. The van der Waals surface area contributed by atoms with Crippen LogP contribution in [0.4, 0.5) is 11.4 Å². The van der Waals surface area contributed by atoms with Crippen molar-refractivity contribution < 1.29 is 0 Å². The van der Waals surface area contributed by atoms with Crippen LogP contribution >= 0.6 is 0 Å². The zero-order valence-electron chi connectivity index (χ0n) is 32.5. The highest BCUT2D eigenvalue weighted by atomic mass is 15.2. The molecule has 0 saturated carbocycles. The molecule has 10 aromatic rings. The van der Waals surface area contributed by atoms with Gasteiger partial charge in [-0.1, -0.05) is 154 Å². The molecule has 3 heterocycles. The van der Waals surface area contributed by atoms with Gasteiger partial charge >= 0.3 is 0 Å². The molecular weight excluding hydrogens is 705 g/mol. The van der Waals surface area contributed by atoms with E-state index in [2.05, 4.69) is 223 Å². The number of pyridine rings is 1. The summed E-state index contributed by atoms with van der Waals surface area (Å²) < 4.78 is 4.69. The molecule has 0 aliphatic heterocycles. The number of hydrogen-bond donors (Lipinski definition) is 0. The van der Waals surface area contributed by atoms with E-state index >= 15 is 0 Å². The number of anilines is 2. The van der Waals surface area contributed by atoms with Gasteiger partial charge in [0, 0.05) is 44.7 Å². The molecule has 276 valence electrons. The third kappa shape index (κ3) is 4.98. The second-order valence-corrected chi connectivity index (χ2v) is 15.7. The Morgan fingerprint density at radius 1 is 0.638 bits per heavy atom. The van der Waals surface area contributed by atoms with Gasteiger partial charge in [0.2, 0.25) is 0 Å². The van der Waals surface area contributed by atoms with E-state index in [4.69, 9.17) is 4.98 Å². The predicted octanol–water partition coefficient (Wildman–Crippen LogP) is 14.0. The zero-order chi connectivity index (χ0) is 39.0. The van der Waals surface area contributed by atoms with Gasteiger partial charge in [0.05, 0.1) is 33.5 Å². The molecule has 4 heteroatoms. The minimum Gasteiger partial charge on any atom is -0.309 e. The van der Waals surface area contributed by atoms with Crippen molar-refractivity contribution in [2.75, 3.05) is 4.90 Å². The lowest BCUT2D eigenvalue weighted by molar-refractivity contribution is 0.654. The van der Waals surface area contributed by atoms with Crippen molar-refractivity contribution in [1.29, 1.82) is 0 Å². The van der Waals surface area contributed by atoms with Crippen LogP contribution in [-0.2, 0) is 5.41 Å². The molecule has 1 aliphatic rings. The molecule has 1 aliphatic carbocycles. The molecule has 0 atom stereocenters. The SMILES string of the molecule is C=C/C=C\C1=C(N(c2ccc(-c3ccccc3)cc2)c2cc3c(c4ccccc24)c2ccc4nc5ccccn5c4c2n3-c2ccccc2)c2ccccc2C1(C)C. The Hall–Kier alpha value is -7.43. The molecule has 0 radical (unpaired) electrons. The molecule has 0 fully saturated rings. The van der Waals surface area contributed by atoms with Crippen LogP contribution < -0.4 is 4.90 Å². The van der Waals surface area contributed by atoms with Crippen LogP contribution in [0.25, 0.3) is 71.8 Å². The van der Waals surface area contributed by atoms with Gasteiger partial charge in [-0.3, -0.25) is 4.40 Å². The maximum absolute atomic E-state index is 5.09. The molecule has 58 heavy (non-hydrogen) atoms. The summed E-state index contributed by atoms with van der Waals surface area (Å²) >= 11 is 0. The highest BCUT2D eigenvalue weighted by Gasteiger charge is 2.40. The summed E-state index contributed by atoms with van der Waals surface area (Å²) in [6.07, 6.45) is 8.35. The molecule has 0 spiro atoms. The molecule has 11 rings (SSSR count). The monoisotopic (exact) mass is 744 g/mol. The third-order valence-electron chi connectivity index (χ3n) is 12.1. The van der Waals surface area contributed by atoms with E-state index < -0.39 is 0 Å². The van der Waals surface area contributed by atoms with Gasteiger partial charge in [-0.05, 0) is 82.2 Å². The average Bonchev–Trinajstić information content (AvgIpc) is 3.89. The Morgan fingerprint density at radius 2 is 1.33 bits per heavy atom. The molecule has 0 saturated heterocycles. The molecule has 3 aromatic heterocycles. The van der Waals surface area contributed by atoms with Gasteiger partial charge in [-0.15, -0.1) is 0 Å². The topological polar surface area (TPSA) is 25.5 Å². The number of fused-ring (bicyclic) bond motifs is 10. The standard InChI is InChI=1S/C54H40N4/c1-4-5-25-45-51(42-24-14-15-26-44(42)54(45,2)3)57(39-30-28-37(29-31-39)36-18-8-6-9-19-36)47-35-48-50(41-23-13-12-22-40(41)47)43-32-33-46-53(56-34-17-16-27-49(56)55-46)52(43)58(48)38-20-10-7-11-21-38/h4-35H,1H2,2-3H3/b25-5-. The summed E-state index contributed by atoms with van der Waals surface area (Å²) in [5.74, 6) is 0. The summed E-state index contributed by atoms with van der Waals surface area (Å²) in [4.78, 5) is 7.61. The summed E-state index contributed by atoms with van der Waals surface area (Å²) in [5.41, 5.74) is 15.6. The third-order valence-corrected chi connectivity index (χ3v) is 12.1. The van der Waals surface area contributed by atoms with E-state index in [1.165, 1.54) is 55.1 Å². The molecule has 4 nitrogen and oxygen atoms in total. The molecule has 0 N–H and O–H groups in total. The Balaban J connectivity index is 1.31. The van der Waals surface area contributed by atoms with Crippen molar-refractivity contribution in [3.05, 3.63) is 218 Å². The number of aromatic nitrogens is 3. The minimum absolute atomic E-state index is 0.263. The Kier molecular flexibility index (Phi) is 7.64. The summed E-state index contributed by atoms with van der Waals surface area (Å²) in [6, 6.07) is 61.4. The highest BCUT2D eigenvalue weighted by Crippen LogP contribution is 2.53. The van der Waals surface area contributed by atoms with E-state index in [9.17, 15) is 0 Å². The van der Waals surface area contributed by atoms with Gasteiger partial charge in [-0.25, -0.2) is 4.98 Å². The van der Waals surface area contributed by atoms with Gasteiger partial charge in [0.15, 0.2) is 0 Å². The first-order valence-electron chi connectivity index (χ1n) is 19.9. The number of imidazole rings is 1. The van der Waals surface area contributed by atoms with Crippen LogP contribution in [0.2, 0.25) is 0 Å². The smallest absolute Gasteiger partial charge is 0.137 e. The van der Waals surface area contributed by atoms with Crippen LogP contribution in [-0.4, -0.2) is 14.0 Å². The van der Waals surface area contributed by atoms with E-state index in [1.807, 2.05) is 6.08 Å². The fourth-order valence-electron chi connectivity index (χ4n) is 9.45. The van der Waals surface area contributed by atoms with Crippen LogP contribution in [0, 0.1) is 0 Å². The minimum atomic E-state index is -0.263. The van der Waals surface area contributed by atoms with Gasteiger partial charge < -0.3 is 9.47 Å². The number of allylic oxidation sites excluding steroid dienone is 4. The highest BCUT2D eigenvalue weighted by molar-refractivity contribution is 6.28. The first-order chi connectivity index (χ1) is 28.5. The second-order valence-electron chi connectivity index (χ2n) is 15.7. The van der Waals surface area contributed by atoms with Crippen LogP contribution in [0.5, 0.6) is 0 Å². The van der Waals surface area contributed by atoms with Crippen LogP contribution in [0.1, 0.15) is 25.0 Å². The number of benzene rings is 7. The Morgan fingerprint density at radius 3 is 2.12 bits per heavy atom. The number of rotatable bonds is 7. The van der Waals surface area contributed by atoms with Gasteiger partial charge in [0.25, 0.3) is 0 Å². The first kappa shape index (κ1) is 33.9. The second kappa shape index (κ2) is 13.1. The Bertz CT molecular complexity index is 3310. The van der Waals surface area contributed by atoms with Crippen LogP contribution in [0.15, 0.2) is 206 Å². The van der Waals surface area contributed by atoms with E-state index in [0.717, 1.165) is 44.8 Å². The van der Waals surface area contributed by atoms with Crippen molar-refractivity contribution >= 4 is 66.3 Å². The maximum atomic E-state index is 5.09. The Labute approximate surface area is 337 Å². The van der Waals surface area contributed by atoms with Gasteiger partial charge in [-0.2, -0.15) is 0 Å². The lowest BCUT2D eigenvalue weighted by atomic mass is 9.81.